The molecule has 0 radical (unpaired) electrons. The number of carbonyl (C=O) groups excluding carboxylic acids is 1. The van der Waals surface area contributed by atoms with Crippen LogP contribution in [0.2, 0.25) is 0 Å². The molecule has 2 rings (SSSR count). The standard InChI is InChI=1S/C14H21N3O/c1-10(14(18)16-13-7-8-13)17(2)9-11-3-5-12(15)6-4-11/h3-6,10,13H,7-9,15H2,1-2H3,(H,16,18). The highest BCUT2D eigenvalue weighted by molar-refractivity contribution is 5.81. The Balaban J connectivity index is 1.87. The Kier molecular flexibility index (Phi) is 3.87. The van der Waals surface area contributed by atoms with E-state index in [4.69, 9.17) is 5.73 Å². The maximum absolute atomic E-state index is 11.9. The molecule has 4 nitrogen and oxygen atoms in total. The molecule has 1 fully saturated rings. The number of nitrogen functional groups attached to an aromatic ring is 1. The third kappa shape index (κ3) is 3.47. The number of nitrogens with one attached hydrogen (secondary N) is 1. The normalized spacial score (nSPS) is 16.6. The zero-order chi connectivity index (χ0) is 13.1. The van der Waals surface area contributed by atoms with Crippen molar-refractivity contribution in [1.29, 1.82) is 0 Å². The molecule has 98 valence electrons. The fourth-order valence-corrected chi connectivity index (χ4v) is 1.80. The Bertz CT molecular complexity index is 412. The molecule has 3 N–H and O–H groups in total. The molecular formula is C14H21N3O. The van der Waals surface area contributed by atoms with Crippen LogP contribution in [0, 0.1) is 0 Å². The average Bonchev–Trinajstić information content (AvgIpc) is 3.15. The minimum Gasteiger partial charge on any atom is -0.399 e. The molecule has 0 bridgehead atoms. The summed E-state index contributed by atoms with van der Waals surface area (Å²) in [6.07, 6.45) is 2.25. The Labute approximate surface area is 108 Å². The summed E-state index contributed by atoms with van der Waals surface area (Å²) in [5.41, 5.74) is 7.58. The zero-order valence-electron chi connectivity index (χ0n) is 11.0. The number of nitrogens with two attached hydrogens (primary N) is 1. The van der Waals surface area contributed by atoms with Crippen molar-refractivity contribution in [1.82, 2.24) is 10.2 Å². The number of rotatable bonds is 5. The molecule has 1 unspecified atom stereocenters. The second-order valence-electron chi connectivity index (χ2n) is 5.12. The molecule has 0 spiro atoms. The van der Waals surface area contributed by atoms with Crippen molar-refractivity contribution in [2.75, 3.05) is 12.8 Å². The van der Waals surface area contributed by atoms with E-state index < -0.39 is 0 Å². The maximum Gasteiger partial charge on any atom is 0.237 e. The van der Waals surface area contributed by atoms with Crippen LogP contribution in [0.25, 0.3) is 0 Å². The fraction of sp³-hybridized carbons (Fsp3) is 0.500. The van der Waals surface area contributed by atoms with Gasteiger partial charge in [0.05, 0.1) is 6.04 Å². The van der Waals surface area contributed by atoms with E-state index in [9.17, 15) is 4.79 Å². The van der Waals surface area contributed by atoms with Gasteiger partial charge in [-0.1, -0.05) is 12.1 Å². The van der Waals surface area contributed by atoms with Gasteiger partial charge in [0.2, 0.25) is 5.91 Å². The van der Waals surface area contributed by atoms with Gasteiger partial charge in [-0.3, -0.25) is 9.69 Å². The number of carbonyl (C=O) groups is 1. The number of amides is 1. The van der Waals surface area contributed by atoms with Gasteiger partial charge in [-0.25, -0.2) is 0 Å². The largest absolute Gasteiger partial charge is 0.399 e. The highest BCUT2D eigenvalue weighted by Crippen LogP contribution is 2.19. The van der Waals surface area contributed by atoms with E-state index in [1.807, 2.05) is 43.1 Å². The first kappa shape index (κ1) is 12.9. The third-order valence-corrected chi connectivity index (χ3v) is 3.38. The number of anilines is 1. The van der Waals surface area contributed by atoms with Crippen molar-refractivity contribution in [3.8, 4) is 0 Å². The predicted molar refractivity (Wildman–Crippen MR) is 72.9 cm³/mol. The highest BCUT2D eigenvalue weighted by Gasteiger charge is 2.27. The second kappa shape index (κ2) is 5.40. The van der Waals surface area contributed by atoms with Crippen molar-refractivity contribution < 1.29 is 4.79 Å². The fourth-order valence-electron chi connectivity index (χ4n) is 1.80. The van der Waals surface area contributed by atoms with Crippen LogP contribution in [0.15, 0.2) is 24.3 Å². The molecule has 4 heteroatoms. The van der Waals surface area contributed by atoms with Gasteiger partial charge in [0.25, 0.3) is 0 Å². The molecule has 0 aromatic heterocycles. The summed E-state index contributed by atoms with van der Waals surface area (Å²) in [6, 6.07) is 8.08. The van der Waals surface area contributed by atoms with Crippen molar-refractivity contribution in [2.24, 2.45) is 0 Å². The molecule has 0 aliphatic heterocycles. The Morgan fingerprint density at radius 1 is 1.44 bits per heavy atom. The van der Waals surface area contributed by atoms with Crippen molar-refractivity contribution in [2.45, 2.75) is 38.4 Å². The maximum atomic E-state index is 11.9. The molecule has 1 aliphatic carbocycles. The van der Waals surface area contributed by atoms with Gasteiger partial charge >= 0.3 is 0 Å². The summed E-state index contributed by atoms with van der Waals surface area (Å²) in [6.45, 7) is 2.69. The van der Waals surface area contributed by atoms with Crippen LogP contribution < -0.4 is 11.1 Å². The van der Waals surface area contributed by atoms with Crippen LogP contribution in [0.3, 0.4) is 0 Å². The molecule has 1 saturated carbocycles. The molecular weight excluding hydrogens is 226 g/mol. The highest BCUT2D eigenvalue weighted by atomic mass is 16.2. The van der Waals surface area contributed by atoms with Gasteiger partial charge in [0.15, 0.2) is 0 Å². The minimum atomic E-state index is -0.108. The van der Waals surface area contributed by atoms with Crippen molar-refractivity contribution in [3.05, 3.63) is 29.8 Å². The smallest absolute Gasteiger partial charge is 0.237 e. The lowest BCUT2D eigenvalue weighted by Crippen LogP contribution is -2.43. The first-order valence-electron chi connectivity index (χ1n) is 6.41. The van der Waals surface area contributed by atoms with Crippen LogP contribution in [-0.2, 0) is 11.3 Å². The first-order valence-corrected chi connectivity index (χ1v) is 6.41. The van der Waals surface area contributed by atoms with Gasteiger partial charge in [-0.15, -0.1) is 0 Å². The van der Waals surface area contributed by atoms with Crippen LogP contribution in [0.1, 0.15) is 25.3 Å². The number of nitrogens with zero attached hydrogens (tertiary/aromatic N) is 1. The molecule has 0 heterocycles. The molecule has 0 saturated heterocycles. The van der Waals surface area contributed by atoms with E-state index in [-0.39, 0.29) is 11.9 Å². The Morgan fingerprint density at radius 2 is 2.06 bits per heavy atom. The van der Waals surface area contributed by atoms with Gasteiger partial charge in [0.1, 0.15) is 0 Å². The SMILES string of the molecule is CC(C(=O)NC1CC1)N(C)Cc1ccc(N)cc1. The van der Waals surface area contributed by atoms with Crippen LogP contribution in [0.5, 0.6) is 0 Å². The van der Waals surface area contributed by atoms with Gasteiger partial charge in [0, 0.05) is 18.3 Å². The van der Waals surface area contributed by atoms with E-state index in [1.165, 1.54) is 0 Å². The van der Waals surface area contributed by atoms with E-state index in [0.717, 1.165) is 30.6 Å². The summed E-state index contributed by atoms with van der Waals surface area (Å²) in [5, 5.41) is 3.03. The van der Waals surface area contributed by atoms with Crippen molar-refractivity contribution >= 4 is 11.6 Å². The first-order chi connectivity index (χ1) is 8.56. The van der Waals surface area contributed by atoms with E-state index >= 15 is 0 Å². The predicted octanol–water partition coefficient (Wildman–Crippen LogP) is 1.37. The lowest BCUT2D eigenvalue weighted by Gasteiger charge is -2.24. The minimum absolute atomic E-state index is 0.108. The number of likely N-dealkylation sites (N-methyl/N-ethyl adjacent to an activating group) is 1. The van der Waals surface area contributed by atoms with E-state index in [0.29, 0.717) is 6.04 Å². The number of hydrogen-bond acceptors (Lipinski definition) is 3. The third-order valence-electron chi connectivity index (χ3n) is 3.38. The molecule has 1 aromatic rings. The Hall–Kier alpha value is -1.55. The van der Waals surface area contributed by atoms with E-state index in [2.05, 4.69) is 5.32 Å². The van der Waals surface area contributed by atoms with Crippen LogP contribution >= 0.6 is 0 Å². The van der Waals surface area contributed by atoms with Crippen molar-refractivity contribution in [3.63, 3.8) is 0 Å². The lowest BCUT2D eigenvalue weighted by atomic mass is 10.1. The molecule has 1 amide bonds. The molecule has 1 aromatic carbocycles. The van der Waals surface area contributed by atoms with E-state index in [1.54, 1.807) is 0 Å². The average molecular weight is 247 g/mol. The number of benzene rings is 1. The molecule has 1 atom stereocenters. The molecule has 1 aliphatic rings. The summed E-state index contributed by atoms with van der Waals surface area (Å²) < 4.78 is 0. The zero-order valence-corrected chi connectivity index (χ0v) is 11.0. The lowest BCUT2D eigenvalue weighted by molar-refractivity contribution is -0.125. The van der Waals surface area contributed by atoms with Gasteiger partial charge in [-0.05, 0) is 44.5 Å². The summed E-state index contributed by atoms with van der Waals surface area (Å²) in [7, 11) is 1.97. The second-order valence-corrected chi connectivity index (χ2v) is 5.12. The topological polar surface area (TPSA) is 58.4 Å². The van der Waals surface area contributed by atoms with Crippen LogP contribution in [-0.4, -0.2) is 29.9 Å². The summed E-state index contributed by atoms with van der Waals surface area (Å²) in [5.74, 6) is 0.121. The van der Waals surface area contributed by atoms with Gasteiger partial charge in [-0.2, -0.15) is 0 Å². The quantitative estimate of drug-likeness (QED) is 0.773. The monoisotopic (exact) mass is 247 g/mol. The van der Waals surface area contributed by atoms with Gasteiger partial charge < -0.3 is 11.1 Å². The summed E-state index contributed by atoms with van der Waals surface area (Å²) in [4.78, 5) is 14.0. The number of hydrogen-bond donors (Lipinski definition) is 2. The van der Waals surface area contributed by atoms with Crippen LogP contribution in [0.4, 0.5) is 5.69 Å². The molecule has 18 heavy (non-hydrogen) atoms. The summed E-state index contributed by atoms with van der Waals surface area (Å²) >= 11 is 0. The Morgan fingerprint density at radius 3 is 2.61 bits per heavy atom.